The molecule has 2 aromatic carbocycles. The van der Waals surface area contributed by atoms with Gasteiger partial charge in [-0.05, 0) is 62.7 Å². The average molecular weight is 633 g/mol. The van der Waals surface area contributed by atoms with Crippen LogP contribution in [0.3, 0.4) is 0 Å². The number of thiazole rings is 1. The number of aromatic carboxylic acids is 1. The number of fused-ring (bicyclic) bond motifs is 3. The molecule has 1 heterocycles. The van der Waals surface area contributed by atoms with Crippen molar-refractivity contribution in [1.82, 2.24) is 9.88 Å². The molecule has 0 unspecified atom stereocenters. The maximum Gasteiger partial charge on any atom is 0.335 e. The Morgan fingerprint density at radius 1 is 1.13 bits per heavy atom. The van der Waals surface area contributed by atoms with Crippen molar-refractivity contribution in [2.24, 2.45) is 17.6 Å². The molecule has 232 valence electrons. The van der Waals surface area contributed by atoms with Gasteiger partial charge in [0.15, 0.2) is 16.5 Å². The number of Topliss-reactive ketones (excluding diaryl/α,β-unsaturated/α-hetero) is 2. The standard InChI is InChI=1S/C31H28N4O9S/c1-35(2)23-16-10-14-9-15-17(33-30-34-18(11-45-30)12-4-3-5-13(8-12)29(42)43)6-7-19(36)21(15)24(37)20(14)26(39)31(16,44)27(40)22(25(23)38)28(32)41/h3-8,11,14,16,23,36-37,40,44H,9-10H2,1-2H3,(H2,32,41)(H,33,34)(H,42,43)/t14-,16-,23-,31-/m0/s1. The molecule has 1 fully saturated rings. The normalized spacial score (nSPS) is 24.3. The first-order valence-electron chi connectivity index (χ1n) is 13.8. The molecular weight excluding hydrogens is 604 g/mol. The van der Waals surface area contributed by atoms with Gasteiger partial charge in [-0.25, -0.2) is 9.78 Å². The Morgan fingerprint density at radius 2 is 1.87 bits per heavy atom. The number of nitrogens with one attached hydrogen (secondary N) is 1. The number of ketones is 2. The Balaban J connectivity index is 1.42. The van der Waals surface area contributed by atoms with Crippen molar-refractivity contribution in [2.45, 2.75) is 24.5 Å². The molecule has 8 N–H and O–H groups in total. The SMILES string of the molecule is CN(C)[C@@H]1C(=O)C(C(N)=O)=C(O)[C@@]2(O)C(=O)C3=C(O)c4c(O)ccc(Nc5nc(-c6cccc(C(=O)O)c6)cs5)c4C[C@H]3C[C@@H]12. The van der Waals surface area contributed by atoms with Gasteiger partial charge in [0.25, 0.3) is 5.91 Å². The summed E-state index contributed by atoms with van der Waals surface area (Å²) < 4.78 is 0. The fourth-order valence-corrected chi connectivity index (χ4v) is 7.48. The number of benzene rings is 2. The summed E-state index contributed by atoms with van der Waals surface area (Å²) >= 11 is 1.25. The van der Waals surface area contributed by atoms with Crippen LogP contribution in [0.4, 0.5) is 10.8 Å². The molecule has 0 saturated heterocycles. The van der Waals surface area contributed by atoms with E-state index in [-0.39, 0.29) is 35.3 Å². The quantitative estimate of drug-likeness (QED) is 0.154. The Morgan fingerprint density at radius 3 is 2.53 bits per heavy atom. The zero-order valence-corrected chi connectivity index (χ0v) is 24.8. The summed E-state index contributed by atoms with van der Waals surface area (Å²) in [6, 6.07) is 8.05. The van der Waals surface area contributed by atoms with Crippen LogP contribution < -0.4 is 11.1 Å². The van der Waals surface area contributed by atoms with Gasteiger partial charge in [0.05, 0.1) is 22.9 Å². The van der Waals surface area contributed by atoms with Crippen molar-refractivity contribution in [3.8, 4) is 17.0 Å². The number of nitrogens with zero attached hydrogens (tertiary/aromatic N) is 2. The minimum absolute atomic E-state index is 0.0395. The van der Waals surface area contributed by atoms with Crippen molar-refractivity contribution in [3.63, 3.8) is 0 Å². The van der Waals surface area contributed by atoms with Crippen LogP contribution in [0.25, 0.3) is 17.0 Å². The minimum Gasteiger partial charge on any atom is -0.508 e. The Hall–Kier alpha value is -5.05. The van der Waals surface area contributed by atoms with E-state index >= 15 is 0 Å². The van der Waals surface area contributed by atoms with Gasteiger partial charge >= 0.3 is 5.97 Å². The summed E-state index contributed by atoms with van der Waals surface area (Å²) in [7, 11) is 3.07. The number of aromatic nitrogens is 1. The van der Waals surface area contributed by atoms with Gasteiger partial charge < -0.3 is 36.6 Å². The molecule has 3 aliphatic carbocycles. The third kappa shape index (κ3) is 4.48. The molecular formula is C31H28N4O9S. The zero-order valence-electron chi connectivity index (χ0n) is 23.9. The fourth-order valence-electron chi connectivity index (χ4n) is 6.75. The van der Waals surface area contributed by atoms with E-state index in [9.17, 15) is 44.7 Å². The molecule has 0 aliphatic heterocycles. The monoisotopic (exact) mass is 632 g/mol. The van der Waals surface area contributed by atoms with E-state index < -0.39 is 64.0 Å². The highest BCUT2D eigenvalue weighted by Gasteiger charge is 2.64. The number of primary amides is 1. The molecule has 0 radical (unpaired) electrons. The number of aliphatic hydroxyl groups is 3. The zero-order chi connectivity index (χ0) is 32.5. The highest BCUT2D eigenvalue weighted by atomic mass is 32.1. The second-order valence-corrected chi connectivity index (χ2v) is 12.4. The lowest BCUT2D eigenvalue weighted by Gasteiger charge is -2.50. The number of carbonyl (C=O) groups is 4. The highest BCUT2D eigenvalue weighted by molar-refractivity contribution is 7.14. The van der Waals surface area contributed by atoms with Gasteiger partial charge in [-0.1, -0.05) is 12.1 Å². The molecule has 1 saturated carbocycles. The number of likely N-dealkylation sites (N-methyl/N-ethyl adjacent to an activating group) is 1. The molecule has 4 atom stereocenters. The third-order valence-electron chi connectivity index (χ3n) is 8.76. The molecule has 6 rings (SSSR count). The number of carboxylic acids is 1. The van der Waals surface area contributed by atoms with Crippen molar-refractivity contribution in [3.05, 3.63) is 75.4 Å². The fraction of sp³-hybridized carbons (Fsp3) is 0.258. The van der Waals surface area contributed by atoms with Crippen molar-refractivity contribution in [1.29, 1.82) is 0 Å². The summed E-state index contributed by atoms with van der Waals surface area (Å²) in [6.45, 7) is 0. The summed E-state index contributed by atoms with van der Waals surface area (Å²) in [4.78, 5) is 56.8. The third-order valence-corrected chi connectivity index (χ3v) is 9.51. The summed E-state index contributed by atoms with van der Waals surface area (Å²) in [5, 5.41) is 59.7. The van der Waals surface area contributed by atoms with Crippen LogP contribution in [-0.4, -0.2) is 84.6 Å². The number of nitrogens with two attached hydrogens (primary N) is 1. The Bertz CT molecular complexity index is 1890. The first kappa shape index (κ1) is 30.0. The number of phenols is 1. The molecule has 3 aromatic rings. The molecule has 13 nitrogen and oxygen atoms in total. The topological polar surface area (TPSA) is 224 Å². The van der Waals surface area contributed by atoms with Crippen LogP contribution in [0.2, 0.25) is 0 Å². The first-order valence-corrected chi connectivity index (χ1v) is 14.7. The Labute approximate surface area is 259 Å². The number of carbonyl (C=O) groups excluding carboxylic acids is 3. The van der Waals surface area contributed by atoms with E-state index in [4.69, 9.17) is 5.73 Å². The second-order valence-electron chi connectivity index (χ2n) is 11.5. The lowest BCUT2D eigenvalue weighted by atomic mass is 9.57. The summed E-state index contributed by atoms with van der Waals surface area (Å²) in [5.41, 5.74) is 3.62. The first-order chi connectivity index (χ1) is 21.2. The second kappa shape index (κ2) is 10.5. The predicted molar refractivity (Wildman–Crippen MR) is 162 cm³/mol. The summed E-state index contributed by atoms with van der Waals surface area (Å²) in [5.74, 6) is -8.29. The van der Waals surface area contributed by atoms with Gasteiger partial charge in [0, 0.05) is 28.1 Å². The maximum atomic E-state index is 14.0. The lowest BCUT2D eigenvalue weighted by molar-refractivity contribution is -0.153. The van der Waals surface area contributed by atoms with E-state index in [1.54, 1.807) is 23.6 Å². The number of hydrogen-bond donors (Lipinski definition) is 7. The van der Waals surface area contributed by atoms with Crippen LogP contribution in [0.1, 0.15) is 27.9 Å². The number of anilines is 2. The molecule has 0 spiro atoms. The molecule has 0 bridgehead atoms. The number of aromatic hydroxyl groups is 1. The van der Waals surface area contributed by atoms with Crippen molar-refractivity contribution >= 4 is 51.4 Å². The number of hydrogen-bond acceptors (Lipinski definition) is 12. The highest BCUT2D eigenvalue weighted by Crippen LogP contribution is 2.53. The van der Waals surface area contributed by atoms with Gasteiger partial charge in [-0.15, -0.1) is 11.3 Å². The van der Waals surface area contributed by atoms with E-state index in [1.165, 1.54) is 48.5 Å². The minimum atomic E-state index is -2.72. The smallest absolute Gasteiger partial charge is 0.335 e. The van der Waals surface area contributed by atoms with Gasteiger partial charge in [0.1, 0.15) is 22.8 Å². The van der Waals surface area contributed by atoms with Crippen molar-refractivity contribution < 1.29 is 44.7 Å². The molecule has 14 heteroatoms. The van der Waals surface area contributed by atoms with Gasteiger partial charge in [-0.3, -0.25) is 19.3 Å². The van der Waals surface area contributed by atoms with Gasteiger partial charge in [0.2, 0.25) is 5.78 Å². The number of phenolic OH excluding ortho intramolecular Hbond substituents is 1. The van der Waals surface area contributed by atoms with E-state index in [0.717, 1.165) is 0 Å². The summed E-state index contributed by atoms with van der Waals surface area (Å²) in [6.07, 6.45) is 0.0618. The molecule has 1 amide bonds. The number of rotatable bonds is 6. The van der Waals surface area contributed by atoms with E-state index in [2.05, 4.69) is 10.3 Å². The van der Waals surface area contributed by atoms with Crippen LogP contribution in [0.5, 0.6) is 5.75 Å². The lowest BCUT2D eigenvalue weighted by Crippen LogP contribution is -2.65. The van der Waals surface area contributed by atoms with Crippen molar-refractivity contribution in [2.75, 3.05) is 19.4 Å². The van der Waals surface area contributed by atoms with Crippen LogP contribution >= 0.6 is 11.3 Å². The predicted octanol–water partition coefficient (Wildman–Crippen LogP) is 2.53. The number of aliphatic hydroxyl groups excluding tert-OH is 2. The largest absolute Gasteiger partial charge is 0.508 e. The number of carboxylic acid groups (broad SMARTS) is 1. The van der Waals surface area contributed by atoms with E-state index in [0.29, 0.717) is 27.6 Å². The maximum absolute atomic E-state index is 14.0. The van der Waals surface area contributed by atoms with Crippen LogP contribution in [0.15, 0.2) is 58.7 Å². The van der Waals surface area contributed by atoms with Gasteiger partial charge in [-0.2, -0.15) is 0 Å². The molecule has 1 aromatic heterocycles. The van der Waals surface area contributed by atoms with E-state index in [1.807, 2.05) is 0 Å². The number of amides is 1. The molecule has 45 heavy (non-hydrogen) atoms. The average Bonchev–Trinajstić information content (AvgIpc) is 3.45. The van der Waals surface area contributed by atoms with Crippen LogP contribution in [-0.2, 0) is 20.8 Å². The Kier molecular flexibility index (Phi) is 7.03. The molecule has 3 aliphatic rings. The van der Waals surface area contributed by atoms with Crippen LogP contribution in [0, 0.1) is 11.8 Å².